The van der Waals surface area contributed by atoms with Gasteiger partial charge in [-0.2, -0.15) is 4.98 Å². The average Bonchev–Trinajstić information content (AvgIpc) is 2.89. The van der Waals surface area contributed by atoms with E-state index in [4.69, 9.17) is 4.52 Å². The van der Waals surface area contributed by atoms with E-state index in [2.05, 4.69) is 44.8 Å². The molecule has 2 saturated carbocycles. The number of fused-ring (bicyclic) bond motifs is 2. The van der Waals surface area contributed by atoms with Gasteiger partial charge in [-0.25, -0.2) is 0 Å². The lowest BCUT2D eigenvalue weighted by Gasteiger charge is -2.32. The molecule has 0 aliphatic heterocycles. The van der Waals surface area contributed by atoms with Crippen molar-refractivity contribution in [3.05, 3.63) is 11.7 Å². The van der Waals surface area contributed by atoms with Crippen LogP contribution in [0.4, 0.5) is 0 Å². The van der Waals surface area contributed by atoms with Crippen LogP contribution in [0.5, 0.6) is 0 Å². The van der Waals surface area contributed by atoms with E-state index in [9.17, 15) is 4.79 Å². The van der Waals surface area contributed by atoms with Crippen molar-refractivity contribution in [2.24, 2.45) is 11.3 Å². The van der Waals surface area contributed by atoms with E-state index in [1.807, 2.05) is 0 Å². The van der Waals surface area contributed by atoms with Crippen molar-refractivity contribution in [1.29, 1.82) is 0 Å². The smallest absolute Gasteiger partial charge is 0.240 e. The third-order valence-electron chi connectivity index (χ3n) is 5.36. The van der Waals surface area contributed by atoms with Crippen molar-refractivity contribution in [2.45, 2.75) is 64.7 Å². The molecule has 0 radical (unpaired) electrons. The summed E-state index contributed by atoms with van der Waals surface area (Å²) in [6.07, 6.45) is 2.61. The van der Waals surface area contributed by atoms with Crippen LogP contribution < -0.4 is 0 Å². The molecule has 0 aromatic carbocycles. The third kappa shape index (κ3) is 1.43. The largest absolute Gasteiger partial charge is 0.338 e. The van der Waals surface area contributed by atoms with Gasteiger partial charge in [-0.05, 0) is 24.2 Å². The number of nitrogens with zero attached hydrogens (tertiary/aromatic N) is 2. The summed E-state index contributed by atoms with van der Waals surface area (Å²) in [6.45, 7) is 10.5. The molecule has 2 atom stereocenters. The molecule has 0 spiro atoms. The summed E-state index contributed by atoms with van der Waals surface area (Å²) in [6, 6.07) is 0. The Morgan fingerprint density at radius 3 is 2.42 bits per heavy atom. The van der Waals surface area contributed by atoms with Gasteiger partial charge in [0.1, 0.15) is 11.2 Å². The van der Waals surface area contributed by atoms with E-state index in [1.165, 1.54) is 0 Å². The van der Waals surface area contributed by atoms with Crippen molar-refractivity contribution in [1.82, 2.24) is 10.1 Å². The minimum atomic E-state index is -0.534. The fourth-order valence-electron chi connectivity index (χ4n) is 3.88. The molecule has 4 heteroatoms. The maximum Gasteiger partial charge on any atom is 0.240 e. The Hall–Kier alpha value is -1.19. The molecule has 2 bridgehead atoms. The highest BCUT2D eigenvalue weighted by atomic mass is 16.5. The van der Waals surface area contributed by atoms with Crippen LogP contribution in [0.1, 0.15) is 65.6 Å². The maximum absolute atomic E-state index is 12.5. The Balaban J connectivity index is 2.10. The predicted molar refractivity (Wildman–Crippen MR) is 70.8 cm³/mol. The number of hydrogen-bond donors (Lipinski definition) is 0. The highest BCUT2D eigenvalue weighted by molar-refractivity contribution is 5.94. The van der Waals surface area contributed by atoms with Gasteiger partial charge in [0.15, 0.2) is 5.82 Å². The molecule has 2 aliphatic carbocycles. The molecule has 4 nitrogen and oxygen atoms in total. The molecule has 3 rings (SSSR count). The zero-order valence-corrected chi connectivity index (χ0v) is 12.4. The van der Waals surface area contributed by atoms with Gasteiger partial charge in [0.2, 0.25) is 5.89 Å². The van der Waals surface area contributed by atoms with Gasteiger partial charge in [-0.3, -0.25) is 4.79 Å². The first kappa shape index (κ1) is 12.8. The first-order chi connectivity index (χ1) is 8.69. The number of aromatic nitrogens is 2. The van der Waals surface area contributed by atoms with Gasteiger partial charge < -0.3 is 4.52 Å². The molecule has 19 heavy (non-hydrogen) atoms. The molecular weight excluding hydrogens is 240 g/mol. The average molecular weight is 262 g/mol. The second kappa shape index (κ2) is 3.47. The maximum atomic E-state index is 12.5. The fraction of sp³-hybridized carbons (Fsp3) is 0.800. The van der Waals surface area contributed by atoms with Gasteiger partial charge in [-0.1, -0.05) is 39.8 Å². The predicted octanol–water partition coefficient (Wildman–Crippen LogP) is 3.01. The van der Waals surface area contributed by atoms with Crippen LogP contribution in [0, 0.1) is 11.3 Å². The van der Waals surface area contributed by atoms with Crippen molar-refractivity contribution in [3.63, 3.8) is 0 Å². The zero-order valence-electron chi connectivity index (χ0n) is 12.4. The van der Waals surface area contributed by atoms with E-state index in [-0.39, 0.29) is 16.6 Å². The van der Waals surface area contributed by atoms with Crippen LogP contribution in [0.3, 0.4) is 0 Å². The Kier molecular flexibility index (Phi) is 2.34. The van der Waals surface area contributed by atoms with Crippen LogP contribution in [0.2, 0.25) is 0 Å². The first-order valence-corrected chi connectivity index (χ1v) is 7.07. The van der Waals surface area contributed by atoms with Crippen LogP contribution in [0.25, 0.3) is 0 Å². The topological polar surface area (TPSA) is 56.0 Å². The van der Waals surface area contributed by atoms with Gasteiger partial charge in [0.25, 0.3) is 0 Å². The fourth-order valence-corrected chi connectivity index (χ4v) is 3.88. The first-order valence-electron chi connectivity index (χ1n) is 7.07. The normalized spacial score (nSPS) is 33.1. The Morgan fingerprint density at radius 1 is 1.32 bits per heavy atom. The van der Waals surface area contributed by atoms with Crippen molar-refractivity contribution >= 4 is 5.78 Å². The van der Waals surface area contributed by atoms with E-state index in [0.717, 1.165) is 12.8 Å². The number of rotatable bonds is 1. The Labute approximate surface area is 114 Å². The van der Waals surface area contributed by atoms with Gasteiger partial charge in [-0.15, -0.1) is 0 Å². The van der Waals surface area contributed by atoms with Crippen LogP contribution in [-0.2, 0) is 15.6 Å². The molecular formula is C15H22N2O2. The summed E-state index contributed by atoms with van der Waals surface area (Å²) in [5.41, 5.74) is -0.748. The summed E-state index contributed by atoms with van der Waals surface area (Å²) < 4.78 is 5.52. The number of carbonyl (C=O) groups excluding carboxylic acids is 1. The molecule has 2 aliphatic rings. The van der Waals surface area contributed by atoms with Gasteiger partial charge in [0, 0.05) is 11.8 Å². The summed E-state index contributed by atoms with van der Waals surface area (Å²) in [7, 11) is 0. The van der Waals surface area contributed by atoms with Crippen molar-refractivity contribution < 1.29 is 9.32 Å². The molecule has 0 unspecified atom stereocenters. The summed E-state index contributed by atoms with van der Waals surface area (Å²) >= 11 is 0. The van der Waals surface area contributed by atoms with Crippen molar-refractivity contribution in [2.75, 3.05) is 0 Å². The molecule has 0 N–H and O–H groups in total. The van der Waals surface area contributed by atoms with E-state index in [0.29, 0.717) is 24.1 Å². The summed E-state index contributed by atoms with van der Waals surface area (Å²) in [4.78, 5) is 17.1. The molecule has 1 aromatic rings. The highest BCUT2D eigenvalue weighted by Crippen LogP contribution is 2.64. The zero-order chi connectivity index (χ0) is 14.1. The number of carbonyl (C=O) groups is 1. The van der Waals surface area contributed by atoms with E-state index < -0.39 is 5.41 Å². The minimum Gasteiger partial charge on any atom is -0.338 e. The second-order valence-electron chi connectivity index (χ2n) is 7.66. The standard InChI is InChI=1S/C15H22N2O2/c1-13(2,3)11-16-12(19-17-11)15-7-6-9(8-10(15)18)14(15,4)5/h9H,6-8H2,1-5H3/t9-,15+/m1/s1. The lowest BCUT2D eigenvalue weighted by atomic mass is 9.68. The molecule has 0 amide bonds. The number of Topliss-reactive ketones (excluding diaryl/α,β-unsaturated/α-hetero) is 1. The number of hydrogen-bond acceptors (Lipinski definition) is 4. The molecule has 1 aromatic heterocycles. The van der Waals surface area contributed by atoms with Gasteiger partial charge in [0.05, 0.1) is 0 Å². The highest BCUT2D eigenvalue weighted by Gasteiger charge is 2.67. The molecule has 1 heterocycles. The monoisotopic (exact) mass is 262 g/mol. The third-order valence-corrected chi connectivity index (χ3v) is 5.36. The SMILES string of the molecule is CC(C)(C)c1noc([C@]23CC[C@H](CC2=O)C3(C)C)n1. The molecule has 2 fully saturated rings. The van der Waals surface area contributed by atoms with Crippen LogP contribution >= 0.6 is 0 Å². The molecule has 0 saturated heterocycles. The second-order valence-corrected chi connectivity index (χ2v) is 7.66. The Bertz CT molecular complexity index is 539. The van der Waals surface area contributed by atoms with E-state index in [1.54, 1.807) is 0 Å². The summed E-state index contributed by atoms with van der Waals surface area (Å²) in [5.74, 6) is 1.99. The number of ketones is 1. The summed E-state index contributed by atoms with van der Waals surface area (Å²) in [5, 5.41) is 4.11. The Morgan fingerprint density at radius 2 is 2.00 bits per heavy atom. The lowest BCUT2D eigenvalue weighted by Crippen LogP contribution is -2.40. The minimum absolute atomic E-state index is 0.0637. The van der Waals surface area contributed by atoms with E-state index >= 15 is 0 Å². The quantitative estimate of drug-likeness (QED) is 0.780. The van der Waals surface area contributed by atoms with Crippen LogP contribution in [0.15, 0.2) is 4.52 Å². The van der Waals surface area contributed by atoms with Crippen LogP contribution in [-0.4, -0.2) is 15.9 Å². The van der Waals surface area contributed by atoms with Gasteiger partial charge >= 0.3 is 0 Å². The molecule has 104 valence electrons. The lowest BCUT2D eigenvalue weighted by molar-refractivity contribution is -0.125. The van der Waals surface area contributed by atoms with Crippen molar-refractivity contribution in [3.8, 4) is 0 Å².